The molecule has 0 spiro atoms. The second-order valence-electron chi connectivity index (χ2n) is 10.8. The molecule has 12 heteroatoms. The molecule has 1 aliphatic heterocycles. The second kappa shape index (κ2) is 13.0. The number of hydrogen-bond acceptors (Lipinski definition) is 9. The Morgan fingerprint density at radius 2 is 1.76 bits per heavy atom. The summed E-state index contributed by atoms with van der Waals surface area (Å²) in [6.07, 6.45) is 4.85. The first-order chi connectivity index (χ1) is 22.2. The van der Waals surface area contributed by atoms with Crippen LogP contribution in [-0.2, 0) is 4.79 Å². The number of hydrogen-bond donors (Lipinski definition) is 1. The summed E-state index contributed by atoms with van der Waals surface area (Å²) in [6, 6.07) is 22.4. The minimum absolute atomic E-state index is 0.115. The van der Waals surface area contributed by atoms with Crippen LogP contribution in [0.1, 0.15) is 49.4 Å². The molecule has 1 N–H and O–H groups in total. The van der Waals surface area contributed by atoms with Crippen LogP contribution in [0.15, 0.2) is 122 Å². The van der Waals surface area contributed by atoms with Crippen molar-refractivity contribution in [3.05, 3.63) is 149 Å². The standard InChI is InChI=1S/C34H28N6O4S2/c1-20(2)22-10-12-23(13-11-22)30-29(31(41)38-25-8-5-4-6-9-25)21(3)37-34-39(30)32(42)28(46-34)19-24-18-26(40(43)44)14-15-27(24)45-33-35-16-7-17-36-33/h4-20,30H,1-3H3,(H,38,41)/b28-19+/t30-/m0/s1. The molecule has 230 valence electrons. The Balaban J connectivity index is 1.51. The molecule has 6 rings (SSSR count). The SMILES string of the molecule is CC1=C(C(=O)Nc2ccccc2)[C@H](c2ccc(C(C)C)cc2)n2c(s/c(=C/c3cc([N+](=O)[O-])ccc3Sc3ncccn3)c2=O)=N1. The fourth-order valence-corrected chi connectivity index (χ4v) is 6.98. The maximum Gasteiger partial charge on any atom is 0.271 e. The minimum atomic E-state index is -0.750. The van der Waals surface area contributed by atoms with Crippen LogP contribution in [0.3, 0.4) is 0 Å². The van der Waals surface area contributed by atoms with E-state index in [9.17, 15) is 19.7 Å². The zero-order chi connectivity index (χ0) is 32.4. The number of fused-ring (bicyclic) bond motifs is 1. The molecule has 46 heavy (non-hydrogen) atoms. The van der Waals surface area contributed by atoms with Crippen LogP contribution in [0.5, 0.6) is 0 Å². The Hall–Kier alpha value is -5.20. The van der Waals surface area contributed by atoms with E-state index in [4.69, 9.17) is 4.99 Å². The summed E-state index contributed by atoms with van der Waals surface area (Å²) in [7, 11) is 0. The van der Waals surface area contributed by atoms with E-state index >= 15 is 0 Å². The molecule has 1 amide bonds. The molecule has 0 unspecified atom stereocenters. The van der Waals surface area contributed by atoms with Gasteiger partial charge >= 0.3 is 0 Å². The molecule has 1 atom stereocenters. The number of thiazole rings is 1. The number of non-ortho nitro benzene ring substituents is 1. The smallest absolute Gasteiger partial charge is 0.271 e. The largest absolute Gasteiger partial charge is 0.322 e. The number of carbonyl (C=O) groups is 1. The fraction of sp³-hybridized carbons (Fsp3) is 0.147. The van der Waals surface area contributed by atoms with Gasteiger partial charge in [0.2, 0.25) is 0 Å². The van der Waals surface area contributed by atoms with Crippen molar-refractivity contribution >= 4 is 46.5 Å². The highest BCUT2D eigenvalue weighted by Crippen LogP contribution is 2.33. The molecule has 3 aromatic carbocycles. The molecular formula is C34H28N6O4S2. The molecule has 5 aromatic rings. The lowest BCUT2D eigenvalue weighted by molar-refractivity contribution is -0.384. The van der Waals surface area contributed by atoms with Crippen LogP contribution in [0.2, 0.25) is 0 Å². The summed E-state index contributed by atoms with van der Waals surface area (Å²) in [5.41, 5.74) is 3.35. The summed E-state index contributed by atoms with van der Waals surface area (Å²) < 4.78 is 1.86. The quantitative estimate of drug-likeness (QED) is 0.127. The van der Waals surface area contributed by atoms with E-state index in [1.165, 1.54) is 39.8 Å². The lowest BCUT2D eigenvalue weighted by atomic mass is 9.93. The van der Waals surface area contributed by atoms with Crippen molar-refractivity contribution in [3.8, 4) is 0 Å². The van der Waals surface area contributed by atoms with Crippen molar-refractivity contribution in [1.82, 2.24) is 14.5 Å². The average Bonchev–Trinajstić information content (AvgIpc) is 3.35. The topological polar surface area (TPSA) is 132 Å². The first kappa shape index (κ1) is 30.8. The predicted octanol–water partition coefficient (Wildman–Crippen LogP) is 5.85. The molecule has 0 bridgehead atoms. The number of anilines is 1. The van der Waals surface area contributed by atoms with Gasteiger partial charge < -0.3 is 5.32 Å². The molecule has 0 saturated heterocycles. The number of nitro benzene ring substituents is 1. The average molecular weight is 649 g/mol. The molecule has 3 heterocycles. The van der Waals surface area contributed by atoms with E-state index in [0.717, 1.165) is 11.1 Å². The molecule has 0 radical (unpaired) electrons. The maximum absolute atomic E-state index is 14.3. The Bertz CT molecular complexity index is 2160. The van der Waals surface area contributed by atoms with Gasteiger partial charge in [-0.25, -0.2) is 15.0 Å². The molecule has 0 aliphatic carbocycles. The monoisotopic (exact) mass is 648 g/mol. The highest BCUT2D eigenvalue weighted by atomic mass is 32.2. The minimum Gasteiger partial charge on any atom is -0.322 e. The number of nitrogens with zero attached hydrogens (tertiary/aromatic N) is 5. The van der Waals surface area contributed by atoms with E-state index in [0.29, 0.717) is 47.8 Å². The van der Waals surface area contributed by atoms with Gasteiger partial charge in [-0.3, -0.25) is 24.3 Å². The Labute approximate surface area is 272 Å². The molecular weight excluding hydrogens is 621 g/mol. The van der Waals surface area contributed by atoms with Crippen LogP contribution >= 0.6 is 23.1 Å². The Kier molecular flexibility index (Phi) is 8.73. The predicted molar refractivity (Wildman–Crippen MR) is 179 cm³/mol. The van der Waals surface area contributed by atoms with Gasteiger partial charge in [0, 0.05) is 35.1 Å². The van der Waals surface area contributed by atoms with Crippen molar-refractivity contribution in [2.45, 2.75) is 42.8 Å². The van der Waals surface area contributed by atoms with E-state index in [1.807, 2.05) is 42.5 Å². The van der Waals surface area contributed by atoms with Gasteiger partial charge in [0.15, 0.2) is 9.96 Å². The summed E-state index contributed by atoms with van der Waals surface area (Å²) in [4.78, 5) is 53.6. The number of aromatic nitrogens is 3. The van der Waals surface area contributed by atoms with E-state index in [-0.39, 0.29) is 17.2 Å². The Morgan fingerprint density at radius 1 is 1.04 bits per heavy atom. The Morgan fingerprint density at radius 3 is 2.43 bits per heavy atom. The first-order valence-electron chi connectivity index (χ1n) is 14.4. The maximum atomic E-state index is 14.3. The highest BCUT2D eigenvalue weighted by Gasteiger charge is 2.32. The van der Waals surface area contributed by atoms with E-state index < -0.39 is 11.0 Å². The highest BCUT2D eigenvalue weighted by molar-refractivity contribution is 7.99. The van der Waals surface area contributed by atoms with Gasteiger partial charge in [0.05, 0.1) is 26.8 Å². The van der Waals surface area contributed by atoms with Gasteiger partial charge in [-0.1, -0.05) is 67.6 Å². The summed E-state index contributed by atoms with van der Waals surface area (Å²) in [6.45, 7) is 5.97. The van der Waals surface area contributed by atoms with Crippen molar-refractivity contribution in [2.75, 3.05) is 5.32 Å². The third kappa shape index (κ3) is 6.30. The van der Waals surface area contributed by atoms with Crippen LogP contribution in [0, 0.1) is 10.1 Å². The number of nitro groups is 1. The number of allylic oxidation sites excluding steroid dienone is 1. The van der Waals surface area contributed by atoms with E-state index in [2.05, 4.69) is 29.1 Å². The third-order valence-electron chi connectivity index (χ3n) is 7.45. The summed E-state index contributed by atoms with van der Waals surface area (Å²) >= 11 is 2.40. The number of amides is 1. The van der Waals surface area contributed by atoms with Crippen molar-refractivity contribution in [2.24, 2.45) is 4.99 Å². The summed E-state index contributed by atoms with van der Waals surface area (Å²) in [5.74, 6) is -0.0580. The first-order valence-corrected chi connectivity index (χ1v) is 16.0. The lowest BCUT2D eigenvalue weighted by Gasteiger charge is -2.25. The third-order valence-corrected chi connectivity index (χ3v) is 9.42. The zero-order valence-corrected chi connectivity index (χ0v) is 26.7. The molecule has 0 saturated carbocycles. The number of carbonyl (C=O) groups excluding carboxylic acids is 1. The van der Waals surface area contributed by atoms with Gasteiger partial charge in [-0.2, -0.15) is 0 Å². The zero-order valence-electron chi connectivity index (χ0n) is 25.1. The molecule has 1 aliphatic rings. The van der Waals surface area contributed by atoms with Gasteiger partial charge in [-0.05, 0) is 71.6 Å². The van der Waals surface area contributed by atoms with Gasteiger partial charge in [-0.15, -0.1) is 0 Å². The molecule has 10 nitrogen and oxygen atoms in total. The summed E-state index contributed by atoms with van der Waals surface area (Å²) in [5, 5.41) is 15.1. The van der Waals surface area contributed by atoms with Crippen LogP contribution in [0.4, 0.5) is 11.4 Å². The fourth-order valence-electron chi connectivity index (χ4n) is 5.14. The van der Waals surface area contributed by atoms with Crippen LogP contribution < -0.4 is 20.2 Å². The van der Waals surface area contributed by atoms with Gasteiger partial charge in [0.1, 0.15) is 0 Å². The van der Waals surface area contributed by atoms with Crippen molar-refractivity contribution in [3.63, 3.8) is 0 Å². The van der Waals surface area contributed by atoms with Gasteiger partial charge in [0.25, 0.3) is 17.2 Å². The van der Waals surface area contributed by atoms with Crippen LogP contribution in [0.25, 0.3) is 6.08 Å². The number of nitrogens with one attached hydrogen (secondary N) is 1. The number of benzene rings is 3. The van der Waals surface area contributed by atoms with Crippen LogP contribution in [-0.4, -0.2) is 25.4 Å². The second-order valence-corrected chi connectivity index (χ2v) is 12.9. The molecule has 0 fully saturated rings. The van der Waals surface area contributed by atoms with Crippen molar-refractivity contribution < 1.29 is 9.72 Å². The normalized spacial score (nSPS) is 14.6. The van der Waals surface area contributed by atoms with Crippen molar-refractivity contribution in [1.29, 1.82) is 0 Å². The molecule has 2 aromatic heterocycles. The number of rotatable bonds is 8. The number of para-hydroxylation sites is 1. The van der Waals surface area contributed by atoms with E-state index in [1.54, 1.807) is 49.7 Å². The lowest BCUT2D eigenvalue weighted by Crippen LogP contribution is -2.40.